The van der Waals surface area contributed by atoms with Crippen molar-refractivity contribution in [2.75, 3.05) is 18.4 Å². The van der Waals surface area contributed by atoms with Crippen LogP contribution in [0.4, 0.5) is 5.82 Å². The molecular formula is C23H29N5O. The minimum atomic E-state index is 0.0294. The number of anilines is 1. The van der Waals surface area contributed by atoms with E-state index in [0.29, 0.717) is 23.4 Å². The Kier molecular flexibility index (Phi) is 5.79. The largest absolute Gasteiger partial charge is 0.370 e. The van der Waals surface area contributed by atoms with Crippen LogP contribution < -0.4 is 5.32 Å². The van der Waals surface area contributed by atoms with Crippen molar-refractivity contribution in [3.63, 3.8) is 0 Å². The number of para-hydroxylation sites is 1. The quantitative estimate of drug-likeness (QED) is 0.656. The average molecular weight is 392 g/mol. The van der Waals surface area contributed by atoms with Gasteiger partial charge in [-0.05, 0) is 50.7 Å². The molecule has 2 aromatic heterocycles. The number of H-pyrrole nitrogens is 1. The number of aryl methyl sites for hydroxylation is 1. The van der Waals surface area contributed by atoms with E-state index in [-0.39, 0.29) is 5.91 Å². The van der Waals surface area contributed by atoms with E-state index in [4.69, 9.17) is 0 Å². The SMILES string of the molecule is CCC1CCCCN1C(=O)c1cc(NCCc2c[nH]c3ccccc23)nc(C)n1. The predicted molar refractivity (Wildman–Crippen MR) is 116 cm³/mol. The van der Waals surface area contributed by atoms with Crippen LogP contribution in [0.2, 0.25) is 0 Å². The summed E-state index contributed by atoms with van der Waals surface area (Å²) in [4.78, 5) is 27.3. The second kappa shape index (κ2) is 8.64. The first-order valence-corrected chi connectivity index (χ1v) is 10.6. The van der Waals surface area contributed by atoms with Crippen molar-refractivity contribution in [2.24, 2.45) is 0 Å². The van der Waals surface area contributed by atoms with Crippen LogP contribution in [-0.2, 0) is 6.42 Å². The van der Waals surface area contributed by atoms with Gasteiger partial charge in [-0.1, -0.05) is 25.1 Å². The number of carbonyl (C=O) groups is 1. The summed E-state index contributed by atoms with van der Waals surface area (Å²) in [5.74, 6) is 1.36. The summed E-state index contributed by atoms with van der Waals surface area (Å²) in [7, 11) is 0. The van der Waals surface area contributed by atoms with Gasteiger partial charge in [0.25, 0.3) is 5.91 Å². The van der Waals surface area contributed by atoms with E-state index in [9.17, 15) is 4.79 Å². The van der Waals surface area contributed by atoms with Crippen molar-refractivity contribution in [2.45, 2.75) is 52.0 Å². The zero-order valence-corrected chi connectivity index (χ0v) is 17.2. The molecule has 1 atom stereocenters. The fraction of sp³-hybridized carbons (Fsp3) is 0.435. The number of likely N-dealkylation sites (tertiary alicyclic amines) is 1. The molecule has 1 fully saturated rings. The predicted octanol–water partition coefficient (Wildman–Crippen LogP) is 4.33. The Hall–Kier alpha value is -2.89. The zero-order valence-electron chi connectivity index (χ0n) is 17.2. The molecule has 1 aliphatic rings. The molecule has 1 saturated heterocycles. The molecule has 2 N–H and O–H groups in total. The Labute approximate surface area is 171 Å². The number of aromatic nitrogens is 3. The van der Waals surface area contributed by atoms with Crippen molar-refractivity contribution in [1.82, 2.24) is 19.9 Å². The van der Waals surface area contributed by atoms with Gasteiger partial charge in [0.15, 0.2) is 0 Å². The minimum Gasteiger partial charge on any atom is -0.370 e. The Morgan fingerprint density at radius 3 is 3.00 bits per heavy atom. The number of benzene rings is 1. The summed E-state index contributed by atoms with van der Waals surface area (Å²) in [5.41, 5.74) is 2.92. The van der Waals surface area contributed by atoms with E-state index >= 15 is 0 Å². The van der Waals surface area contributed by atoms with Crippen molar-refractivity contribution in [1.29, 1.82) is 0 Å². The van der Waals surface area contributed by atoms with E-state index in [2.05, 4.69) is 51.6 Å². The van der Waals surface area contributed by atoms with Gasteiger partial charge in [0.2, 0.25) is 0 Å². The van der Waals surface area contributed by atoms with Gasteiger partial charge in [0.1, 0.15) is 17.3 Å². The van der Waals surface area contributed by atoms with Gasteiger partial charge in [-0.2, -0.15) is 0 Å². The first-order valence-electron chi connectivity index (χ1n) is 10.6. The standard InChI is InChI=1S/C23H29N5O/c1-3-18-8-6-7-13-28(18)23(29)21-14-22(27-16(2)26-21)24-12-11-17-15-25-20-10-5-4-9-19(17)20/h4-5,9-10,14-15,18,25H,3,6-8,11-13H2,1-2H3,(H,24,26,27). The van der Waals surface area contributed by atoms with E-state index in [1.54, 1.807) is 6.07 Å². The third kappa shape index (κ3) is 4.26. The topological polar surface area (TPSA) is 73.9 Å². The van der Waals surface area contributed by atoms with Crippen molar-refractivity contribution in [3.8, 4) is 0 Å². The molecule has 0 radical (unpaired) electrons. The highest BCUT2D eigenvalue weighted by Crippen LogP contribution is 2.22. The molecule has 3 heterocycles. The first kappa shape index (κ1) is 19.4. The Morgan fingerprint density at radius 2 is 2.14 bits per heavy atom. The van der Waals surface area contributed by atoms with Crippen molar-refractivity contribution in [3.05, 3.63) is 53.6 Å². The van der Waals surface area contributed by atoms with Crippen LogP contribution in [0.3, 0.4) is 0 Å². The maximum absolute atomic E-state index is 13.1. The van der Waals surface area contributed by atoms with Crippen LogP contribution in [0.25, 0.3) is 10.9 Å². The molecular weight excluding hydrogens is 362 g/mol. The third-order valence-electron chi connectivity index (χ3n) is 5.79. The number of amides is 1. The summed E-state index contributed by atoms with van der Waals surface area (Å²) >= 11 is 0. The maximum Gasteiger partial charge on any atom is 0.272 e. The second-order valence-corrected chi connectivity index (χ2v) is 7.78. The van der Waals surface area contributed by atoms with Crippen molar-refractivity contribution < 1.29 is 4.79 Å². The lowest BCUT2D eigenvalue weighted by molar-refractivity contribution is 0.0601. The summed E-state index contributed by atoms with van der Waals surface area (Å²) in [6.07, 6.45) is 7.29. The van der Waals surface area contributed by atoms with Crippen LogP contribution in [0.1, 0.15) is 54.5 Å². The second-order valence-electron chi connectivity index (χ2n) is 7.78. The molecule has 6 heteroatoms. The number of piperidine rings is 1. The molecule has 29 heavy (non-hydrogen) atoms. The number of aromatic amines is 1. The lowest BCUT2D eigenvalue weighted by Crippen LogP contribution is -2.43. The summed E-state index contributed by atoms with van der Waals surface area (Å²) in [6, 6.07) is 10.4. The summed E-state index contributed by atoms with van der Waals surface area (Å²) in [5, 5.41) is 4.63. The molecule has 152 valence electrons. The number of hydrogen-bond acceptors (Lipinski definition) is 4. The van der Waals surface area contributed by atoms with Gasteiger partial charge >= 0.3 is 0 Å². The molecule has 6 nitrogen and oxygen atoms in total. The smallest absolute Gasteiger partial charge is 0.272 e. The number of hydrogen-bond donors (Lipinski definition) is 2. The Bertz CT molecular complexity index is 996. The van der Waals surface area contributed by atoms with Gasteiger partial charge in [-0.15, -0.1) is 0 Å². The fourth-order valence-electron chi connectivity index (χ4n) is 4.27. The molecule has 1 amide bonds. The van der Waals surface area contributed by atoms with Crippen LogP contribution >= 0.6 is 0 Å². The van der Waals surface area contributed by atoms with Crippen LogP contribution in [0.5, 0.6) is 0 Å². The normalized spacial score (nSPS) is 16.9. The van der Waals surface area contributed by atoms with Gasteiger partial charge in [0, 0.05) is 42.3 Å². The van der Waals surface area contributed by atoms with Crippen LogP contribution in [0.15, 0.2) is 36.5 Å². The lowest BCUT2D eigenvalue weighted by Gasteiger charge is -2.35. The van der Waals surface area contributed by atoms with E-state index < -0.39 is 0 Å². The van der Waals surface area contributed by atoms with Gasteiger partial charge in [-0.3, -0.25) is 4.79 Å². The zero-order chi connectivity index (χ0) is 20.2. The molecule has 0 aliphatic carbocycles. The highest BCUT2D eigenvalue weighted by molar-refractivity contribution is 5.93. The molecule has 1 aromatic carbocycles. The third-order valence-corrected chi connectivity index (χ3v) is 5.79. The molecule has 0 spiro atoms. The molecule has 4 rings (SSSR count). The number of carbonyl (C=O) groups excluding carboxylic acids is 1. The summed E-state index contributed by atoms with van der Waals surface area (Å²) < 4.78 is 0. The highest BCUT2D eigenvalue weighted by atomic mass is 16.2. The fourth-order valence-corrected chi connectivity index (χ4v) is 4.27. The van der Waals surface area contributed by atoms with E-state index in [1.165, 1.54) is 17.4 Å². The maximum atomic E-state index is 13.1. The van der Waals surface area contributed by atoms with Gasteiger partial charge < -0.3 is 15.2 Å². The molecule has 0 bridgehead atoms. The number of nitrogens with zero attached hydrogens (tertiary/aromatic N) is 3. The van der Waals surface area contributed by atoms with Crippen LogP contribution in [-0.4, -0.2) is 44.9 Å². The minimum absolute atomic E-state index is 0.0294. The molecule has 0 saturated carbocycles. The first-order chi connectivity index (χ1) is 14.2. The average Bonchev–Trinajstić information content (AvgIpc) is 3.16. The van der Waals surface area contributed by atoms with Crippen molar-refractivity contribution >= 4 is 22.6 Å². The lowest BCUT2D eigenvalue weighted by atomic mass is 9.99. The number of nitrogens with one attached hydrogen (secondary N) is 2. The van der Waals surface area contributed by atoms with E-state index in [1.807, 2.05) is 17.9 Å². The molecule has 1 unspecified atom stereocenters. The van der Waals surface area contributed by atoms with Crippen LogP contribution in [0, 0.1) is 6.92 Å². The summed E-state index contributed by atoms with van der Waals surface area (Å²) in [6.45, 7) is 5.56. The van der Waals surface area contributed by atoms with Gasteiger partial charge in [0.05, 0.1) is 0 Å². The van der Waals surface area contributed by atoms with Gasteiger partial charge in [-0.25, -0.2) is 9.97 Å². The number of fused-ring (bicyclic) bond motifs is 1. The molecule has 3 aromatic rings. The highest BCUT2D eigenvalue weighted by Gasteiger charge is 2.27. The monoisotopic (exact) mass is 391 g/mol. The molecule has 1 aliphatic heterocycles. The number of rotatable bonds is 6. The Morgan fingerprint density at radius 1 is 1.28 bits per heavy atom. The van der Waals surface area contributed by atoms with E-state index in [0.717, 1.165) is 44.3 Å². The Balaban J connectivity index is 1.44.